The number of benzene rings is 1. The fraction of sp³-hybridized carbons (Fsp3) is 0.562. The van der Waals surface area contributed by atoms with E-state index in [-0.39, 0.29) is 11.9 Å². The summed E-state index contributed by atoms with van der Waals surface area (Å²) in [5.41, 5.74) is 6.62. The van der Waals surface area contributed by atoms with Gasteiger partial charge in [-0.25, -0.2) is 0 Å². The first kappa shape index (κ1) is 14.1. The van der Waals surface area contributed by atoms with Gasteiger partial charge >= 0.3 is 5.97 Å². The van der Waals surface area contributed by atoms with Gasteiger partial charge in [-0.15, -0.1) is 0 Å². The van der Waals surface area contributed by atoms with Crippen LogP contribution in [0.25, 0.3) is 0 Å². The van der Waals surface area contributed by atoms with Crippen molar-refractivity contribution in [3.05, 3.63) is 35.9 Å². The van der Waals surface area contributed by atoms with E-state index in [0.717, 1.165) is 44.2 Å². The molecule has 0 amide bonds. The second kappa shape index (κ2) is 7.29. The van der Waals surface area contributed by atoms with Crippen LogP contribution in [0, 0.1) is 11.8 Å². The highest BCUT2D eigenvalue weighted by molar-refractivity contribution is 5.72. The molecule has 0 radical (unpaired) electrons. The van der Waals surface area contributed by atoms with Crippen molar-refractivity contribution >= 4 is 5.97 Å². The molecule has 0 unspecified atom stereocenters. The Morgan fingerprint density at radius 3 is 2.47 bits per heavy atom. The van der Waals surface area contributed by atoms with Crippen molar-refractivity contribution in [1.82, 2.24) is 0 Å². The molecule has 3 heteroatoms. The fourth-order valence-electron chi connectivity index (χ4n) is 2.77. The highest BCUT2D eigenvalue weighted by Gasteiger charge is 2.26. The summed E-state index contributed by atoms with van der Waals surface area (Å²) in [5, 5.41) is 0. The van der Waals surface area contributed by atoms with Gasteiger partial charge in [-0.1, -0.05) is 30.3 Å². The first-order valence-electron chi connectivity index (χ1n) is 7.20. The summed E-state index contributed by atoms with van der Waals surface area (Å²) in [7, 11) is 0. The van der Waals surface area contributed by atoms with Crippen molar-refractivity contribution in [1.29, 1.82) is 0 Å². The molecule has 0 aliphatic heterocycles. The first-order chi connectivity index (χ1) is 9.29. The number of nitrogens with two attached hydrogens (primary N) is 1. The van der Waals surface area contributed by atoms with E-state index in [2.05, 4.69) is 0 Å². The van der Waals surface area contributed by atoms with Crippen LogP contribution in [0.3, 0.4) is 0 Å². The Labute approximate surface area is 115 Å². The standard InChI is InChI=1S/C16H23NO2/c17-11-10-13-6-8-15(9-7-13)16(18)19-12-14-4-2-1-3-5-14/h1-5,13,15H,6-12,17H2. The minimum Gasteiger partial charge on any atom is -0.461 e. The summed E-state index contributed by atoms with van der Waals surface area (Å²) in [5.74, 6) is 0.774. The van der Waals surface area contributed by atoms with E-state index in [1.54, 1.807) is 0 Å². The van der Waals surface area contributed by atoms with Crippen LogP contribution in [0.4, 0.5) is 0 Å². The summed E-state index contributed by atoms with van der Waals surface area (Å²) in [6.45, 7) is 1.15. The van der Waals surface area contributed by atoms with E-state index in [4.69, 9.17) is 10.5 Å². The van der Waals surface area contributed by atoms with Gasteiger partial charge in [0.15, 0.2) is 0 Å². The number of carbonyl (C=O) groups excluding carboxylic acids is 1. The highest BCUT2D eigenvalue weighted by atomic mass is 16.5. The molecule has 1 saturated carbocycles. The van der Waals surface area contributed by atoms with E-state index in [1.807, 2.05) is 30.3 Å². The van der Waals surface area contributed by atoms with E-state index >= 15 is 0 Å². The molecule has 0 spiro atoms. The first-order valence-corrected chi connectivity index (χ1v) is 7.20. The summed E-state index contributed by atoms with van der Waals surface area (Å²) in [4.78, 5) is 12.0. The predicted octanol–water partition coefficient (Wildman–Crippen LogP) is 2.89. The molecule has 1 fully saturated rings. The largest absolute Gasteiger partial charge is 0.461 e. The van der Waals surface area contributed by atoms with Crippen molar-refractivity contribution in [2.75, 3.05) is 6.54 Å². The molecular weight excluding hydrogens is 238 g/mol. The van der Waals surface area contributed by atoms with Crippen LogP contribution in [0.1, 0.15) is 37.7 Å². The second-order valence-corrected chi connectivity index (χ2v) is 5.39. The molecule has 0 heterocycles. The highest BCUT2D eigenvalue weighted by Crippen LogP contribution is 2.31. The smallest absolute Gasteiger partial charge is 0.309 e. The molecule has 0 bridgehead atoms. The van der Waals surface area contributed by atoms with E-state index in [9.17, 15) is 4.79 Å². The van der Waals surface area contributed by atoms with Crippen LogP contribution in [-0.2, 0) is 16.1 Å². The molecule has 1 aromatic carbocycles. The Bertz CT molecular complexity index is 383. The molecule has 19 heavy (non-hydrogen) atoms. The van der Waals surface area contributed by atoms with Gasteiger partial charge in [0.2, 0.25) is 0 Å². The van der Waals surface area contributed by atoms with Crippen molar-refractivity contribution in [2.45, 2.75) is 38.7 Å². The molecule has 0 aromatic heterocycles. The Balaban J connectivity index is 1.73. The zero-order chi connectivity index (χ0) is 13.5. The molecule has 3 nitrogen and oxygen atoms in total. The van der Waals surface area contributed by atoms with Crippen molar-refractivity contribution in [3.8, 4) is 0 Å². The third kappa shape index (κ3) is 4.35. The van der Waals surface area contributed by atoms with Crippen molar-refractivity contribution < 1.29 is 9.53 Å². The van der Waals surface area contributed by atoms with Gasteiger partial charge in [0, 0.05) is 0 Å². The van der Waals surface area contributed by atoms with Gasteiger partial charge in [0.1, 0.15) is 6.61 Å². The average Bonchev–Trinajstić information content (AvgIpc) is 2.47. The molecule has 0 saturated heterocycles. The van der Waals surface area contributed by atoms with Crippen molar-refractivity contribution in [2.24, 2.45) is 17.6 Å². The number of ether oxygens (including phenoxy) is 1. The average molecular weight is 261 g/mol. The zero-order valence-corrected chi connectivity index (χ0v) is 11.4. The van der Waals surface area contributed by atoms with Crippen LogP contribution in [0.2, 0.25) is 0 Å². The van der Waals surface area contributed by atoms with E-state index in [1.165, 1.54) is 0 Å². The monoisotopic (exact) mass is 261 g/mol. The maximum Gasteiger partial charge on any atom is 0.309 e. The van der Waals surface area contributed by atoms with Gasteiger partial charge in [0.05, 0.1) is 5.92 Å². The fourth-order valence-corrected chi connectivity index (χ4v) is 2.77. The van der Waals surface area contributed by atoms with Gasteiger partial charge in [-0.2, -0.15) is 0 Å². The Morgan fingerprint density at radius 2 is 1.84 bits per heavy atom. The SMILES string of the molecule is NCCC1CCC(C(=O)OCc2ccccc2)CC1. The molecule has 2 N–H and O–H groups in total. The molecular formula is C16H23NO2. The number of carbonyl (C=O) groups is 1. The molecule has 0 atom stereocenters. The lowest BCUT2D eigenvalue weighted by Crippen LogP contribution is -2.24. The van der Waals surface area contributed by atoms with Crippen LogP contribution < -0.4 is 5.73 Å². The summed E-state index contributed by atoms with van der Waals surface area (Å²) >= 11 is 0. The molecule has 104 valence electrons. The topological polar surface area (TPSA) is 52.3 Å². The zero-order valence-electron chi connectivity index (χ0n) is 11.4. The van der Waals surface area contributed by atoms with Crippen LogP contribution in [-0.4, -0.2) is 12.5 Å². The van der Waals surface area contributed by atoms with E-state index < -0.39 is 0 Å². The van der Waals surface area contributed by atoms with Gasteiger partial charge in [0.25, 0.3) is 0 Å². The molecule has 1 aliphatic carbocycles. The number of hydrogen-bond donors (Lipinski definition) is 1. The molecule has 1 aliphatic rings. The Hall–Kier alpha value is -1.35. The van der Waals surface area contributed by atoms with Gasteiger partial charge in [-0.3, -0.25) is 4.79 Å². The Morgan fingerprint density at radius 1 is 1.16 bits per heavy atom. The number of hydrogen-bond acceptors (Lipinski definition) is 3. The summed E-state index contributed by atoms with van der Waals surface area (Å²) < 4.78 is 5.40. The van der Waals surface area contributed by atoms with E-state index in [0.29, 0.717) is 12.5 Å². The lowest BCUT2D eigenvalue weighted by Gasteiger charge is -2.26. The number of esters is 1. The third-order valence-corrected chi connectivity index (χ3v) is 3.98. The Kier molecular flexibility index (Phi) is 5.40. The van der Waals surface area contributed by atoms with Gasteiger partial charge < -0.3 is 10.5 Å². The lowest BCUT2D eigenvalue weighted by atomic mass is 9.80. The van der Waals surface area contributed by atoms with Gasteiger partial charge in [-0.05, 0) is 50.1 Å². The quantitative estimate of drug-likeness (QED) is 0.829. The molecule has 2 rings (SSSR count). The van der Waals surface area contributed by atoms with Crippen LogP contribution >= 0.6 is 0 Å². The van der Waals surface area contributed by atoms with Crippen molar-refractivity contribution in [3.63, 3.8) is 0 Å². The lowest BCUT2D eigenvalue weighted by molar-refractivity contribution is -0.151. The maximum atomic E-state index is 12.0. The normalized spacial score (nSPS) is 23.0. The summed E-state index contributed by atoms with van der Waals surface area (Å²) in [6, 6.07) is 9.84. The third-order valence-electron chi connectivity index (χ3n) is 3.98. The number of rotatable bonds is 5. The minimum absolute atomic E-state index is 0.0324. The maximum absolute atomic E-state index is 12.0. The molecule has 1 aromatic rings. The van der Waals surface area contributed by atoms with Crippen LogP contribution in [0.15, 0.2) is 30.3 Å². The predicted molar refractivity (Wildman–Crippen MR) is 75.4 cm³/mol. The van der Waals surface area contributed by atoms with Crippen LogP contribution in [0.5, 0.6) is 0 Å². The second-order valence-electron chi connectivity index (χ2n) is 5.39. The summed E-state index contributed by atoms with van der Waals surface area (Å²) in [6.07, 6.45) is 5.23. The minimum atomic E-state index is -0.0324.